The Kier molecular flexibility index (Phi) is 1.47. The van der Waals surface area contributed by atoms with Crippen molar-refractivity contribution in [2.75, 3.05) is 16.8 Å². The van der Waals surface area contributed by atoms with E-state index in [1.165, 1.54) is 0 Å². The molecule has 1 amide bonds. The fourth-order valence-corrected chi connectivity index (χ4v) is 2.17. The van der Waals surface area contributed by atoms with Crippen molar-refractivity contribution in [3.8, 4) is 0 Å². The fourth-order valence-electron chi connectivity index (χ4n) is 2.17. The Balaban J connectivity index is 2.11. The summed E-state index contributed by atoms with van der Waals surface area (Å²) in [4.78, 5) is 13.7. The minimum Gasteiger partial charge on any atom is -0.356 e. The predicted octanol–water partition coefficient (Wildman–Crippen LogP) is 0.397. The van der Waals surface area contributed by atoms with Crippen molar-refractivity contribution in [3.63, 3.8) is 0 Å². The molecule has 5 heteroatoms. The summed E-state index contributed by atoms with van der Waals surface area (Å²) in [7, 11) is 0. The zero-order chi connectivity index (χ0) is 9.54. The van der Waals surface area contributed by atoms with Crippen LogP contribution in [0.5, 0.6) is 0 Å². The van der Waals surface area contributed by atoms with Gasteiger partial charge in [-0.2, -0.15) is 5.10 Å². The van der Waals surface area contributed by atoms with Gasteiger partial charge in [-0.25, -0.2) is 0 Å². The minimum atomic E-state index is 0.00620. The highest BCUT2D eigenvalue weighted by molar-refractivity contribution is 6.02. The molecule has 1 unspecified atom stereocenters. The molecule has 3 rings (SSSR count). The lowest BCUT2D eigenvalue weighted by atomic mass is 10.1. The van der Waals surface area contributed by atoms with Crippen molar-refractivity contribution in [2.24, 2.45) is 0 Å². The van der Waals surface area contributed by atoms with E-state index in [1.54, 1.807) is 6.20 Å². The first-order valence-corrected chi connectivity index (χ1v) is 4.75. The van der Waals surface area contributed by atoms with Gasteiger partial charge in [-0.15, -0.1) is 5.10 Å². The lowest BCUT2D eigenvalue weighted by Crippen LogP contribution is -2.44. The number of amides is 1. The van der Waals surface area contributed by atoms with E-state index in [9.17, 15) is 4.79 Å². The lowest BCUT2D eigenvalue weighted by Gasteiger charge is -2.31. The Labute approximate surface area is 81.1 Å². The third kappa shape index (κ3) is 0.921. The van der Waals surface area contributed by atoms with Crippen molar-refractivity contribution in [2.45, 2.75) is 18.9 Å². The van der Waals surface area contributed by atoms with Gasteiger partial charge in [0.25, 0.3) is 0 Å². The van der Waals surface area contributed by atoms with Gasteiger partial charge in [0.1, 0.15) is 6.04 Å². The van der Waals surface area contributed by atoms with Gasteiger partial charge in [-0.05, 0) is 18.9 Å². The average Bonchev–Trinajstić information content (AvgIpc) is 2.67. The second-order valence-corrected chi connectivity index (χ2v) is 3.61. The van der Waals surface area contributed by atoms with E-state index in [1.807, 2.05) is 6.07 Å². The summed E-state index contributed by atoms with van der Waals surface area (Å²) < 4.78 is 0. The van der Waals surface area contributed by atoms with E-state index in [2.05, 4.69) is 20.4 Å². The summed E-state index contributed by atoms with van der Waals surface area (Å²) in [6.07, 6.45) is 3.67. The zero-order valence-electron chi connectivity index (χ0n) is 7.60. The van der Waals surface area contributed by atoms with Crippen LogP contribution in [-0.2, 0) is 4.79 Å². The molecule has 5 nitrogen and oxygen atoms in total. The molecule has 0 spiro atoms. The standard InChI is InChI=1S/C9H10N4O/c14-9-7-2-1-5-13(7)6-3-4-10-12-8(6)11-9/h3-4,7H,1-2,5H2,(H,11,12,14). The SMILES string of the molecule is O=C1Nc2nnccc2N2CCCC12. The molecule has 1 fully saturated rings. The normalized spacial score (nSPS) is 24.1. The number of nitrogens with zero attached hydrogens (tertiary/aromatic N) is 3. The van der Waals surface area contributed by atoms with E-state index >= 15 is 0 Å². The highest BCUT2D eigenvalue weighted by Gasteiger charge is 2.36. The maximum Gasteiger partial charge on any atom is 0.248 e. The van der Waals surface area contributed by atoms with Gasteiger partial charge >= 0.3 is 0 Å². The second kappa shape index (κ2) is 2.67. The third-order valence-corrected chi connectivity index (χ3v) is 2.81. The number of nitrogens with one attached hydrogen (secondary N) is 1. The fraction of sp³-hybridized carbons (Fsp3) is 0.444. The van der Waals surface area contributed by atoms with Crippen LogP contribution in [0.15, 0.2) is 12.3 Å². The topological polar surface area (TPSA) is 58.1 Å². The molecule has 0 aliphatic carbocycles. The molecule has 1 saturated heterocycles. The predicted molar refractivity (Wildman–Crippen MR) is 51.0 cm³/mol. The van der Waals surface area contributed by atoms with Gasteiger partial charge in [0.05, 0.1) is 11.9 Å². The Bertz CT molecular complexity index is 392. The number of hydrogen-bond acceptors (Lipinski definition) is 4. The van der Waals surface area contributed by atoms with E-state index in [0.717, 1.165) is 25.1 Å². The first-order valence-electron chi connectivity index (χ1n) is 4.75. The Morgan fingerprint density at radius 1 is 1.57 bits per heavy atom. The molecule has 1 aromatic rings. The molecular formula is C9H10N4O. The first-order chi connectivity index (χ1) is 6.86. The minimum absolute atomic E-state index is 0.00620. The van der Waals surface area contributed by atoms with Gasteiger partial charge in [0.2, 0.25) is 5.91 Å². The van der Waals surface area contributed by atoms with Gasteiger partial charge in [0.15, 0.2) is 5.82 Å². The van der Waals surface area contributed by atoms with Crippen molar-refractivity contribution < 1.29 is 4.79 Å². The van der Waals surface area contributed by atoms with E-state index in [-0.39, 0.29) is 11.9 Å². The summed E-state index contributed by atoms with van der Waals surface area (Å²) >= 11 is 0. The molecule has 1 aromatic heterocycles. The number of fused-ring (bicyclic) bond motifs is 3. The Hall–Kier alpha value is -1.65. The molecular weight excluding hydrogens is 180 g/mol. The molecule has 0 bridgehead atoms. The number of aromatic nitrogens is 2. The average molecular weight is 190 g/mol. The lowest BCUT2D eigenvalue weighted by molar-refractivity contribution is -0.117. The van der Waals surface area contributed by atoms with Crippen molar-refractivity contribution in [3.05, 3.63) is 12.3 Å². The maximum atomic E-state index is 11.6. The molecule has 3 heterocycles. The van der Waals surface area contributed by atoms with Crippen LogP contribution in [0.1, 0.15) is 12.8 Å². The van der Waals surface area contributed by atoms with Gasteiger partial charge < -0.3 is 10.2 Å². The van der Waals surface area contributed by atoms with Crippen LogP contribution in [0.2, 0.25) is 0 Å². The van der Waals surface area contributed by atoms with Crippen LogP contribution in [0, 0.1) is 0 Å². The van der Waals surface area contributed by atoms with Crippen molar-refractivity contribution >= 4 is 17.4 Å². The van der Waals surface area contributed by atoms with Gasteiger partial charge in [-0.3, -0.25) is 4.79 Å². The van der Waals surface area contributed by atoms with Crippen LogP contribution in [0.3, 0.4) is 0 Å². The third-order valence-electron chi connectivity index (χ3n) is 2.81. The van der Waals surface area contributed by atoms with Gasteiger partial charge in [-0.1, -0.05) is 0 Å². The number of hydrogen-bond donors (Lipinski definition) is 1. The van der Waals surface area contributed by atoms with E-state index in [4.69, 9.17) is 0 Å². The number of carbonyl (C=O) groups is 1. The van der Waals surface area contributed by atoms with E-state index < -0.39 is 0 Å². The van der Waals surface area contributed by atoms with Crippen molar-refractivity contribution in [1.29, 1.82) is 0 Å². The first kappa shape index (κ1) is 7.73. The molecule has 72 valence electrons. The maximum absolute atomic E-state index is 11.6. The van der Waals surface area contributed by atoms with Crippen LogP contribution in [-0.4, -0.2) is 28.7 Å². The summed E-state index contributed by atoms with van der Waals surface area (Å²) in [5.41, 5.74) is 1.00. The van der Waals surface area contributed by atoms with Crippen LogP contribution in [0.25, 0.3) is 0 Å². The summed E-state index contributed by atoms with van der Waals surface area (Å²) in [6.45, 7) is 0.941. The molecule has 0 aromatic carbocycles. The van der Waals surface area contributed by atoms with Crippen LogP contribution >= 0.6 is 0 Å². The van der Waals surface area contributed by atoms with Crippen LogP contribution < -0.4 is 10.2 Å². The molecule has 1 N–H and O–H groups in total. The van der Waals surface area contributed by atoms with E-state index in [0.29, 0.717) is 5.82 Å². The molecule has 2 aliphatic rings. The largest absolute Gasteiger partial charge is 0.356 e. The molecule has 0 saturated carbocycles. The molecule has 0 radical (unpaired) electrons. The monoisotopic (exact) mass is 190 g/mol. The Morgan fingerprint density at radius 3 is 3.43 bits per heavy atom. The summed E-state index contributed by atoms with van der Waals surface area (Å²) in [6, 6.07) is 1.91. The number of carbonyl (C=O) groups excluding carboxylic acids is 1. The Morgan fingerprint density at radius 2 is 2.50 bits per heavy atom. The molecule has 1 atom stereocenters. The number of rotatable bonds is 0. The summed E-state index contributed by atoms with van der Waals surface area (Å²) in [5, 5.41) is 10.4. The van der Waals surface area contributed by atoms with Crippen LogP contribution in [0.4, 0.5) is 11.5 Å². The zero-order valence-corrected chi connectivity index (χ0v) is 7.60. The second-order valence-electron chi connectivity index (χ2n) is 3.61. The molecule has 14 heavy (non-hydrogen) atoms. The van der Waals surface area contributed by atoms with Gasteiger partial charge in [0, 0.05) is 6.54 Å². The molecule has 2 aliphatic heterocycles. The highest BCUT2D eigenvalue weighted by atomic mass is 16.2. The number of anilines is 2. The summed E-state index contributed by atoms with van der Waals surface area (Å²) in [5.74, 6) is 0.645. The van der Waals surface area contributed by atoms with Crippen molar-refractivity contribution in [1.82, 2.24) is 10.2 Å². The quantitative estimate of drug-likeness (QED) is 0.643. The highest BCUT2D eigenvalue weighted by Crippen LogP contribution is 2.34. The smallest absolute Gasteiger partial charge is 0.248 e.